The van der Waals surface area contributed by atoms with Crippen LogP contribution in [0, 0.1) is 0 Å². The predicted octanol–water partition coefficient (Wildman–Crippen LogP) is -0.765. The molecule has 3 heterocycles. The average molecular weight is 588 g/mol. The highest BCUT2D eigenvalue weighted by Gasteiger charge is 2.49. The first kappa shape index (κ1) is 28.7. The number of nitrogens with one attached hydrogen (secondary N) is 1. The molecule has 5 atom stereocenters. The number of phosphoric ester groups is 1. The standard InChI is InChI=1S/C19H22N6O12P2/c20-16-13-17(23-8-22-16)25(9-24-13)19-15(36-12(26)6-21-18(28)10-4-2-1-3-5-10)14(27)11(35-19)7-34-39(32,33)37-38(29,30)31/h1-5,8-9,11,14-15,19,27H,6-7H2,(H,21,28)(H,32,33)(H2,20,22,23)(H2,29,30,31)/t11-,14-,15-,19-/m1/s1. The van der Waals surface area contributed by atoms with Gasteiger partial charge >= 0.3 is 21.6 Å². The normalized spacial score (nSPS) is 22.9. The number of rotatable bonds is 10. The summed E-state index contributed by atoms with van der Waals surface area (Å²) in [4.78, 5) is 63.9. The van der Waals surface area contributed by atoms with Gasteiger partial charge in [-0.25, -0.2) is 24.1 Å². The summed E-state index contributed by atoms with van der Waals surface area (Å²) < 4.78 is 43.4. The molecule has 1 amide bonds. The highest BCUT2D eigenvalue weighted by Crippen LogP contribution is 2.57. The Morgan fingerprint density at radius 3 is 2.54 bits per heavy atom. The minimum atomic E-state index is -5.40. The van der Waals surface area contributed by atoms with Gasteiger partial charge in [-0.1, -0.05) is 18.2 Å². The third-order valence-corrected chi connectivity index (χ3v) is 7.43. The molecule has 210 valence electrons. The third-order valence-electron chi connectivity index (χ3n) is 5.28. The van der Waals surface area contributed by atoms with Crippen molar-refractivity contribution in [3.05, 3.63) is 48.5 Å². The van der Waals surface area contributed by atoms with Crippen LogP contribution in [0.1, 0.15) is 16.6 Å². The number of aliphatic hydroxyl groups excluding tert-OH is 1. The van der Waals surface area contributed by atoms with E-state index in [9.17, 15) is 28.7 Å². The molecule has 0 aliphatic carbocycles. The molecule has 2 aromatic heterocycles. The number of imidazole rings is 1. The number of nitrogens with zero attached hydrogens (tertiary/aromatic N) is 4. The topological polar surface area (TPSA) is 268 Å². The Hall–Kier alpha value is -3.31. The van der Waals surface area contributed by atoms with Crippen molar-refractivity contribution in [2.75, 3.05) is 18.9 Å². The van der Waals surface area contributed by atoms with Crippen LogP contribution < -0.4 is 11.1 Å². The lowest BCUT2D eigenvalue weighted by Crippen LogP contribution is -2.40. The molecule has 7 N–H and O–H groups in total. The van der Waals surface area contributed by atoms with E-state index in [1.54, 1.807) is 18.2 Å². The van der Waals surface area contributed by atoms with Crippen molar-refractivity contribution in [3.63, 3.8) is 0 Å². The molecule has 1 aliphatic heterocycles. The molecule has 1 aliphatic rings. The van der Waals surface area contributed by atoms with E-state index in [0.29, 0.717) is 0 Å². The Kier molecular flexibility index (Phi) is 8.41. The van der Waals surface area contributed by atoms with E-state index >= 15 is 0 Å². The quantitative estimate of drug-likeness (QED) is 0.125. The van der Waals surface area contributed by atoms with Crippen molar-refractivity contribution in [1.29, 1.82) is 0 Å². The summed E-state index contributed by atoms with van der Waals surface area (Å²) in [5.41, 5.74) is 6.37. The molecule has 1 aromatic carbocycles. The number of amides is 1. The van der Waals surface area contributed by atoms with Crippen LogP contribution in [0.4, 0.5) is 5.82 Å². The summed E-state index contributed by atoms with van der Waals surface area (Å²) in [5.74, 6) is -1.52. The number of nitrogens with two attached hydrogens (primary N) is 1. The maximum absolute atomic E-state index is 12.6. The number of esters is 1. The molecule has 3 aromatic rings. The Labute approximate surface area is 218 Å². The molecular weight excluding hydrogens is 566 g/mol. The maximum Gasteiger partial charge on any atom is 0.481 e. The molecule has 1 fully saturated rings. The number of benzene rings is 1. The van der Waals surface area contributed by atoms with Gasteiger partial charge in [0.05, 0.1) is 12.9 Å². The molecule has 1 saturated heterocycles. The number of nitrogen functional groups attached to an aromatic ring is 1. The number of ether oxygens (including phenoxy) is 2. The number of aromatic nitrogens is 4. The summed E-state index contributed by atoms with van der Waals surface area (Å²) in [6.07, 6.45) is -3.71. The van der Waals surface area contributed by atoms with Gasteiger partial charge in [0.15, 0.2) is 23.8 Å². The van der Waals surface area contributed by atoms with Gasteiger partial charge in [0.2, 0.25) is 0 Å². The Balaban J connectivity index is 1.52. The second kappa shape index (κ2) is 11.4. The van der Waals surface area contributed by atoms with Crippen LogP contribution in [0.25, 0.3) is 11.2 Å². The molecule has 0 saturated carbocycles. The summed E-state index contributed by atoms with van der Waals surface area (Å²) in [6.45, 7) is -1.51. The number of fused-ring (bicyclic) bond motifs is 1. The van der Waals surface area contributed by atoms with E-state index in [2.05, 4.69) is 29.1 Å². The Morgan fingerprint density at radius 2 is 1.85 bits per heavy atom. The summed E-state index contributed by atoms with van der Waals surface area (Å²) >= 11 is 0. The number of carbonyl (C=O) groups is 2. The van der Waals surface area contributed by atoms with Crippen molar-refractivity contribution in [2.24, 2.45) is 0 Å². The van der Waals surface area contributed by atoms with Crippen LogP contribution in [-0.4, -0.2) is 82.6 Å². The fourth-order valence-electron chi connectivity index (χ4n) is 3.63. The Bertz CT molecular complexity index is 1450. The SMILES string of the molecule is Nc1ncnc2c1ncn2[C@@H]1O[C@H](COP(=O)(O)OP(=O)(O)O)[C@@H](O)[C@H]1OC(=O)CNC(=O)c1ccccc1. The zero-order chi connectivity index (χ0) is 28.4. The number of hydrogen-bond donors (Lipinski definition) is 6. The lowest BCUT2D eigenvalue weighted by atomic mass is 10.1. The number of aliphatic hydroxyl groups is 1. The van der Waals surface area contributed by atoms with E-state index in [0.717, 1.165) is 6.33 Å². The molecule has 0 radical (unpaired) electrons. The fraction of sp³-hybridized carbons (Fsp3) is 0.316. The molecule has 4 rings (SSSR count). The number of hydrogen-bond acceptors (Lipinski definition) is 13. The lowest BCUT2D eigenvalue weighted by molar-refractivity contribution is -0.157. The molecule has 0 spiro atoms. The average Bonchev–Trinajstić information content (AvgIpc) is 3.42. The Morgan fingerprint density at radius 1 is 1.13 bits per heavy atom. The number of anilines is 1. The predicted molar refractivity (Wildman–Crippen MR) is 127 cm³/mol. The smallest absolute Gasteiger partial charge is 0.453 e. The van der Waals surface area contributed by atoms with E-state index in [1.807, 2.05) is 0 Å². The zero-order valence-corrected chi connectivity index (χ0v) is 21.4. The second-order valence-corrected chi connectivity index (χ2v) is 10.8. The molecule has 18 nitrogen and oxygen atoms in total. The molecule has 0 bridgehead atoms. The monoisotopic (exact) mass is 588 g/mol. The number of carbonyl (C=O) groups excluding carboxylic acids is 2. The maximum atomic E-state index is 12.6. The molecular formula is C19H22N6O12P2. The molecule has 20 heteroatoms. The van der Waals surface area contributed by atoms with Crippen LogP contribution in [0.5, 0.6) is 0 Å². The van der Waals surface area contributed by atoms with Crippen LogP contribution in [0.2, 0.25) is 0 Å². The van der Waals surface area contributed by atoms with Gasteiger partial charge in [-0.2, -0.15) is 4.31 Å². The van der Waals surface area contributed by atoms with Crippen molar-refractivity contribution in [2.45, 2.75) is 24.5 Å². The molecule has 1 unspecified atom stereocenters. The first-order chi connectivity index (χ1) is 18.3. The van der Waals surface area contributed by atoms with Gasteiger partial charge in [0.25, 0.3) is 5.91 Å². The highest BCUT2D eigenvalue weighted by molar-refractivity contribution is 7.60. The van der Waals surface area contributed by atoms with E-state index in [-0.39, 0.29) is 22.5 Å². The van der Waals surface area contributed by atoms with Gasteiger partial charge in [0.1, 0.15) is 30.6 Å². The number of phosphoric acid groups is 2. The van der Waals surface area contributed by atoms with Gasteiger partial charge < -0.3 is 40.3 Å². The van der Waals surface area contributed by atoms with Gasteiger partial charge in [-0.3, -0.25) is 18.7 Å². The van der Waals surface area contributed by atoms with Gasteiger partial charge in [-0.05, 0) is 12.1 Å². The summed E-state index contributed by atoms with van der Waals surface area (Å²) in [7, 11) is -10.7. The largest absolute Gasteiger partial charge is 0.481 e. The van der Waals surface area contributed by atoms with E-state index in [4.69, 9.17) is 25.0 Å². The summed E-state index contributed by atoms with van der Waals surface area (Å²) in [5, 5.41) is 13.2. The summed E-state index contributed by atoms with van der Waals surface area (Å²) in [6, 6.07) is 8.04. The van der Waals surface area contributed by atoms with Crippen LogP contribution >= 0.6 is 15.6 Å². The van der Waals surface area contributed by atoms with Crippen molar-refractivity contribution < 1.29 is 56.8 Å². The lowest BCUT2D eigenvalue weighted by Gasteiger charge is -2.22. The zero-order valence-electron chi connectivity index (χ0n) is 19.6. The first-order valence-electron chi connectivity index (χ1n) is 10.9. The minimum absolute atomic E-state index is 0.0187. The third kappa shape index (κ3) is 7.02. The minimum Gasteiger partial charge on any atom is -0.453 e. The first-order valence-corrected chi connectivity index (χ1v) is 13.9. The van der Waals surface area contributed by atoms with Crippen LogP contribution in [-0.2, 0) is 32.2 Å². The van der Waals surface area contributed by atoms with E-state index in [1.165, 1.54) is 23.0 Å². The fourth-order valence-corrected chi connectivity index (χ4v) is 5.23. The van der Waals surface area contributed by atoms with Crippen molar-refractivity contribution in [1.82, 2.24) is 24.8 Å². The van der Waals surface area contributed by atoms with Crippen LogP contribution in [0.3, 0.4) is 0 Å². The van der Waals surface area contributed by atoms with Crippen molar-refractivity contribution >= 4 is 44.5 Å². The molecule has 39 heavy (non-hydrogen) atoms. The second-order valence-electron chi connectivity index (χ2n) is 7.98. The van der Waals surface area contributed by atoms with Gasteiger partial charge in [-0.15, -0.1) is 0 Å². The van der Waals surface area contributed by atoms with Crippen molar-refractivity contribution in [3.8, 4) is 0 Å². The van der Waals surface area contributed by atoms with Gasteiger partial charge in [0, 0.05) is 5.56 Å². The van der Waals surface area contributed by atoms with Crippen LogP contribution in [0.15, 0.2) is 43.0 Å². The van der Waals surface area contributed by atoms with E-state index < -0.39 is 65.2 Å². The highest BCUT2D eigenvalue weighted by atomic mass is 31.3.